The largest absolute Gasteiger partial charge is 0.508 e. The van der Waals surface area contributed by atoms with Gasteiger partial charge in [0.1, 0.15) is 11.6 Å². The Kier molecular flexibility index (Phi) is 5.24. The zero-order chi connectivity index (χ0) is 13.2. The van der Waals surface area contributed by atoms with E-state index < -0.39 is 0 Å². The first-order chi connectivity index (χ1) is 9.25. The predicted octanol–water partition coefficient (Wildman–Crippen LogP) is 2.70. The lowest BCUT2D eigenvalue weighted by Crippen LogP contribution is -2.47. The number of halogens is 2. The van der Waals surface area contributed by atoms with Crippen LogP contribution in [0, 0.1) is 11.7 Å². The molecule has 1 saturated carbocycles. The second kappa shape index (κ2) is 6.74. The summed E-state index contributed by atoms with van der Waals surface area (Å²) < 4.78 is 13.5. The van der Waals surface area contributed by atoms with Gasteiger partial charge < -0.3 is 10.4 Å². The van der Waals surface area contributed by atoms with E-state index in [1.807, 2.05) is 0 Å². The van der Waals surface area contributed by atoms with Crippen LogP contribution in [-0.4, -0.2) is 36.2 Å². The van der Waals surface area contributed by atoms with Crippen molar-refractivity contribution in [1.82, 2.24) is 10.2 Å². The van der Waals surface area contributed by atoms with E-state index in [1.54, 1.807) is 0 Å². The molecule has 2 aliphatic rings. The lowest BCUT2D eigenvalue weighted by Gasteiger charge is -2.43. The summed E-state index contributed by atoms with van der Waals surface area (Å²) in [7, 11) is 0. The second-order valence-corrected chi connectivity index (χ2v) is 5.62. The second-order valence-electron chi connectivity index (χ2n) is 5.62. The zero-order valence-corrected chi connectivity index (χ0v) is 12.3. The molecule has 0 radical (unpaired) electrons. The molecule has 0 unspecified atom stereocenters. The van der Waals surface area contributed by atoms with E-state index in [0.717, 1.165) is 31.7 Å². The van der Waals surface area contributed by atoms with Crippen LogP contribution >= 0.6 is 12.4 Å². The third-order valence-corrected chi connectivity index (χ3v) is 4.45. The number of nitrogens with zero attached hydrogens (tertiary/aromatic N) is 1. The summed E-state index contributed by atoms with van der Waals surface area (Å²) in [6.45, 7) is 3.88. The van der Waals surface area contributed by atoms with E-state index in [9.17, 15) is 9.50 Å². The number of piperazine rings is 1. The molecule has 2 fully saturated rings. The maximum Gasteiger partial charge on any atom is 0.123 e. The van der Waals surface area contributed by atoms with E-state index in [0.29, 0.717) is 5.92 Å². The van der Waals surface area contributed by atoms with Crippen LogP contribution in [0.5, 0.6) is 5.75 Å². The third-order valence-electron chi connectivity index (χ3n) is 4.45. The van der Waals surface area contributed by atoms with Crippen LogP contribution < -0.4 is 5.32 Å². The standard InChI is InChI=1S/C15H21FN2O.ClH/c16-12-4-5-14(19)13(10-12)15(11-2-1-3-11)18-8-6-17-7-9-18;/h4-5,10-11,15,17,19H,1-3,6-9H2;1H/t15-;/m1./s1. The first-order valence-corrected chi connectivity index (χ1v) is 7.19. The Bertz CT molecular complexity index is 447. The van der Waals surface area contributed by atoms with Crippen molar-refractivity contribution in [2.45, 2.75) is 25.3 Å². The molecule has 5 heteroatoms. The van der Waals surface area contributed by atoms with Crippen molar-refractivity contribution in [1.29, 1.82) is 0 Å². The minimum Gasteiger partial charge on any atom is -0.508 e. The highest BCUT2D eigenvalue weighted by atomic mass is 35.5. The molecule has 0 amide bonds. The van der Waals surface area contributed by atoms with Crippen LogP contribution in [0.1, 0.15) is 30.9 Å². The van der Waals surface area contributed by atoms with Crippen LogP contribution in [0.2, 0.25) is 0 Å². The monoisotopic (exact) mass is 300 g/mol. The molecule has 1 aromatic carbocycles. The SMILES string of the molecule is Cl.Oc1ccc(F)cc1[C@@H](C1CCC1)N1CCNCC1. The zero-order valence-electron chi connectivity index (χ0n) is 11.5. The average Bonchev–Trinajstić information content (AvgIpc) is 2.38. The lowest BCUT2D eigenvalue weighted by molar-refractivity contribution is 0.0817. The smallest absolute Gasteiger partial charge is 0.123 e. The van der Waals surface area contributed by atoms with Crippen molar-refractivity contribution < 1.29 is 9.50 Å². The number of benzene rings is 1. The molecule has 2 N–H and O–H groups in total. The highest BCUT2D eigenvalue weighted by Gasteiger charge is 2.35. The summed E-state index contributed by atoms with van der Waals surface area (Å²) in [5.74, 6) is 0.537. The molecule has 0 aromatic heterocycles. The highest BCUT2D eigenvalue weighted by molar-refractivity contribution is 5.85. The number of hydrogen-bond acceptors (Lipinski definition) is 3. The van der Waals surface area contributed by atoms with E-state index in [2.05, 4.69) is 10.2 Å². The summed E-state index contributed by atoms with van der Waals surface area (Å²) in [5, 5.41) is 13.4. The summed E-state index contributed by atoms with van der Waals surface area (Å²) in [4.78, 5) is 2.40. The summed E-state index contributed by atoms with van der Waals surface area (Å²) >= 11 is 0. The molecule has 1 heterocycles. The van der Waals surface area contributed by atoms with Crippen LogP contribution in [0.4, 0.5) is 4.39 Å². The summed E-state index contributed by atoms with van der Waals surface area (Å²) in [6.07, 6.45) is 3.62. The van der Waals surface area contributed by atoms with Crippen molar-refractivity contribution in [2.24, 2.45) is 5.92 Å². The van der Waals surface area contributed by atoms with Gasteiger partial charge in [-0.15, -0.1) is 12.4 Å². The summed E-state index contributed by atoms with van der Waals surface area (Å²) in [5.41, 5.74) is 0.770. The quantitative estimate of drug-likeness (QED) is 0.901. The molecule has 1 aliphatic heterocycles. The molecular weight excluding hydrogens is 279 g/mol. The molecule has 1 saturated heterocycles. The van der Waals surface area contributed by atoms with Crippen LogP contribution in [-0.2, 0) is 0 Å². The Hall–Kier alpha value is -0.840. The van der Waals surface area contributed by atoms with E-state index >= 15 is 0 Å². The van der Waals surface area contributed by atoms with Gasteiger partial charge in [-0.2, -0.15) is 0 Å². The van der Waals surface area contributed by atoms with Crippen molar-refractivity contribution >= 4 is 12.4 Å². The van der Waals surface area contributed by atoms with Crippen LogP contribution in [0.25, 0.3) is 0 Å². The first-order valence-electron chi connectivity index (χ1n) is 7.19. The molecule has 0 spiro atoms. The van der Waals surface area contributed by atoms with E-state index in [4.69, 9.17) is 0 Å². The molecule has 112 valence electrons. The number of phenols is 1. The van der Waals surface area contributed by atoms with Gasteiger partial charge in [-0.3, -0.25) is 4.90 Å². The Balaban J connectivity index is 0.00000147. The fourth-order valence-electron chi connectivity index (χ4n) is 3.23. The van der Waals surface area contributed by atoms with Gasteiger partial charge in [0.15, 0.2) is 0 Å². The molecule has 1 atom stereocenters. The van der Waals surface area contributed by atoms with Gasteiger partial charge in [0.25, 0.3) is 0 Å². The van der Waals surface area contributed by atoms with Crippen LogP contribution in [0.3, 0.4) is 0 Å². The Labute approximate surface area is 125 Å². The minimum atomic E-state index is -0.257. The molecule has 1 aromatic rings. The fourth-order valence-corrected chi connectivity index (χ4v) is 3.23. The van der Waals surface area contributed by atoms with Crippen molar-refractivity contribution in [3.05, 3.63) is 29.6 Å². The molecule has 20 heavy (non-hydrogen) atoms. The van der Waals surface area contributed by atoms with Gasteiger partial charge in [-0.1, -0.05) is 6.42 Å². The fraction of sp³-hybridized carbons (Fsp3) is 0.600. The number of aromatic hydroxyl groups is 1. The van der Waals surface area contributed by atoms with Crippen molar-refractivity contribution in [3.63, 3.8) is 0 Å². The normalized spacial score (nSPS) is 21.9. The van der Waals surface area contributed by atoms with E-state index in [1.165, 1.54) is 37.5 Å². The topological polar surface area (TPSA) is 35.5 Å². The Morgan fingerprint density at radius 1 is 1.25 bits per heavy atom. The van der Waals surface area contributed by atoms with Crippen LogP contribution in [0.15, 0.2) is 18.2 Å². The molecular formula is C15H22ClFN2O. The predicted molar refractivity (Wildman–Crippen MR) is 79.8 cm³/mol. The van der Waals surface area contributed by atoms with Gasteiger partial charge in [0, 0.05) is 37.8 Å². The van der Waals surface area contributed by atoms with Gasteiger partial charge in [0.2, 0.25) is 0 Å². The maximum atomic E-state index is 13.5. The molecule has 1 aliphatic carbocycles. The van der Waals surface area contributed by atoms with E-state index in [-0.39, 0.29) is 30.0 Å². The van der Waals surface area contributed by atoms with Crippen molar-refractivity contribution in [3.8, 4) is 5.75 Å². The number of nitrogens with one attached hydrogen (secondary N) is 1. The van der Waals surface area contributed by atoms with Gasteiger partial charge in [-0.05, 0) is 37.0 Å². The summed E-state index contributed by atoms with van der Waals surface area (Å²) in [6, 6.07) is 4.50. The Morgan fingerprint density at radius 2 is 1.95 bits per heavy atom. The highest BCUT2D eigenvalue weighted by Crippen LogP contribution is 2.44. The molecule has 0 bridgehead atoms. The molecule has 3 nitrogen and oxygen atoms in total. The molecule has 3 rings (SSSR count). The number of hydrogen-bond donors (Lipinski definition) is 2. The number of rotatable bonds is 3. The third kappa shape index (κ3) is 3.08. The van der Waals surface area contributed by atoms with Gasteiger partial charge in [-0.25, -0.2) is 4.39 Å². The first kappa shape index (κ1) is 15.5. The minimum absolute atomic E-state index is 0. The van der Waals surface area contributed by atoms with Gasteiger partial charge in [0.05, 0.1) is 0 Å². The average molecular weight is 301 g/mol. The van der Waals surface area contributed by atoms with Gasteiger partial charge >= 0.3 is 0 Å². The number of phenolic OH excluding ortho intramolecular Hbond substituents is 1. The maximum absolute atomic E-state index is 13.5. The van der Waals surface area contributed by atoms with Crippen molar-refractivity contribution in [2.75, 3.05) is 26.2 Å². The lowest BCUT2D eigenvalue weighted by atomic mass is 9.76. The Morgan fingerprint density at radius 3 is 2.55 bits per heavy atom.